The lowest BCUT2D eigenvalue weighted by molar-refractivity contribution is 0.0526. The Morgan fingerprint density at radius 3 is 2.58 bits per heavy atom. The lowest BCUT2D eigenvalue weighted by atomic mass is 10.0. The molecular weight excluding hydrogens is 499 g/mol. The lowest BCUT2D eigenvalue weighted by Crippen LogP contribution is -2.29. The van der Waals surface area contributed by atoms with Gasteiger partial charge in [-0.25, -0.2) is 14.2 Å². The van der Waals surface area contributed by atoms with Gasteiger partial charge in [0.2, 0.25) is 0 Å². The summed E-state index contributed by atoms with van der Waals surface area (Å²) in [4.78, 5) is 21.2. The van der Waals surface area contributed by atoms with Crippen LogP contribution in [0.1, 0.15) is 44.4 Å². The number of thiophene rings is 1. The molecule has 0 saturated heterocycles. The molecule has 4 aromatic rings. The van der Waals surface area contributed by atoms with Crippen LogP contribution in [-0.4, -0.2) is 30.2 Å². The van der Waals surface area contributed by atoms with Crippen molar-refractivity contribution in [2.75, 3.05) is 13.2 Å². The molecule has 1 aromatic heterocycles. The van der Waals surface area contributed by atoms with Gasteiger partial charge >= 0.3 is 5.97 Å². The summed E-state index contributed by atoms with van der Waals surface area (Å²) >= 11 is 1.56. The molecule has 0 atom stereocenters. The van der Waals surface area contributed by atoms with Gasteiger partial charge in [0, 0.05) is 36.3 Å². The number of fused-ring (bicyclic) bond motifs is 1. The molecule has 7 heteroatoms. The third-order valence-corrected chi connectivity index (χ3v) is 7.53. The molecule has 2 heterocycles. The second-order valence-electron chi connectivity index (χ2n) is 9.06. The largest absolute Gasteiger partial charge is 0.489 e. The molecule has 194 valence electrons. The van der Waals surface area contributed by atoms with Crippen molar-refractivity contribution >= 4 is 28.5 Å². The van der Waals surface area contributed by atoms with Crippen LogP contribution in [-0.2, 0) is 30.9 Å². The van der Waals surface area contributed by atoms with E-state index in [0.717, 1.165) is 37.2 Å². The van der Waals surface area contributed by atoms with Crippen LogP contribution in [0.3, 0.4) is 0 Å². The predicted molar refractivity (Wildman–Crippen MR) is 149 cm³/mol. The van der Waals surface area contributed by atoms with Gasteiger partial charge in [-0.2, -0.15) is 0 Å². The minimum atomic E-state index is -0.314. The second kappa shape index (κ2) is 12.2. The molecular formula is C31H29FN2O3S. The van der Waals surface area contributed by atoms with Crippen molar-refractivity contribution in [1.29, 1.82) is 0 Å². The van der Waals surface area contributed by atoms with E-state index in [9.17, 15) is 9.18 Å². The third kappa shape index (κ3) is 6.18. The smallest absolute Gasteiger partial charge is 0.341 e. The minimum absolute atomic E-state index is 0.158. The molecule has 0 spiro atoms. The van der Waals surface area contributed by atoms with E-state index in [1.165, 1.54) is 16.5 Å². The maximum absolute atomic E-state index is 13.8. The average Bonchev–Trinajstić information content (AvgIpc) is 3.30. The number of nitrogens with zero attached hydrogens (tertiary/aromatic N) is 2. The van der Waals surface area contributed by atoms with Crippen LogP contribution in [0, 0.1) is 5.82 Å². The number of benzene rings is 3. The van der Waals surface area contributed by atoms with Gasteiger partial charge in [-0.05, 0) is 60.4 Å². The van der Waals surface area contributed by atoms with E-state index in [1.54, 1.807) is 35.8 Å². The topological polar surface area (TPSA) is 51.1 Å². The highest BCUT2D eigenvalue weighted by molar-refractivity contribution is 7.16. The van der Waals surface area contributed by atoms with E-state index < -0.39 is 0 Å². The van der Waals surface area contributed by atoms with Crippen molar-refractivity contribution in [3.05, 3.63) is 117 Å². The first kappa shape index (κ1) is 25.8. The Labute approximate surface area is 226 Å². The normalized spacial score (nSPS) is 13.4. The molecule has 1 aliphatic heterocycles. The van der Waals surface area contributed by atoms with Crippen LogP contribution in [0.2, 0.25) is 0 Å². The van der Waals surface area contributed by atoms with E-state index in [4.69, 9.17) is 14.5 Å². The number of rotatable bonds is 9. The van der Waals surface area contributed by atoms with Gasteiger partial charge in [-0.1, -0.05) is 48.5 Å². The molecule has 5 rings (SSSR count). The van der Waals surface area contributed by atoms with Crippen molar-refractivity contribution in [3.63, 3.8) is 0 Å². The van der Waals surface area contributed by atoms with E-state index >= 15 is 0 Å². The van der Waals surface area contributed by atoms with Gasteiger partial charge in [0.15, 0.2) is 0 Å². The highest BCUT2D eigenvalue weighted by Crippen LogP contribution is 2.39. The Morgan fingerprint density at radius 1 is 1.05 bits per heavy atom. The monoisotopic (exact) mass is 528 g/mol. The zero-order valence-corrected chi connectivity index (χ0v) is 22.0. The fraction of sp³-hybridized carbons (Fsp3) is 0.226. The Balaban J connectivity index is 1.30. The molecule has 0 radical (unpaired) electrons. The predicted octanol–water partition coefficient (Wildman–Crippen LogP) is 6.95. The number of hydrogen-bond acceptors (Lipinski definition) is 6. The molecule has 0 aliphatic carbocycles. The molecule has 0 amide bonds. The van der Waals surface area contributed by atoms with Gasteiger partial charge in [-0.15, -0.1) is 11.3 Å². The molecule has 0 unspecified atom stereocenters. The van der Waals surface area contributed by atoms with E-state index in [2.05, 4.69) is 29.2 Å². The fourth-order valence-corrected chi connectivity index (χ4v) is 5.70. The quantitative estimate of drug-likeness (QED) is 0.174. The number of aliphatic imine (C=N–C) groups is 1. The molecule has 0 bridgehead atoms. The van der Waals surface area contributed by atoms with E-state index in [0.29, 0.717) is 28.5 Å². The Kier molecular flexibility index (Phi) is 8.26. The van der Waals surface area contributed by atoms with Crippen LogP contribution in [0.25, 0.3) is 0 Å². The van der Waals surface area contributed by atoms with Crippen LogP contribution in [0.15, 0.2) is 83.9 Å². The van der Waals surface area contributed by atoms with Gasteiger partial charge in [0.25, 0.3) is 0 Å². The first-order valence-electron chi connectivity index (χ1n) is 12.7. The number of carbonyl (C=O) groups is 1. The summed E-state index contributed by atoms with van der Waals surface area (Å²) in [7, 11) is 0. The van der Waals surface area contributed by atoms with E-state index in [-0.39, 0.29) is 18.4 Å². The third-order valence-electron chi connectivity index (χ3n) is 6.41. The van der Waals surface area contributed by atoms with Crippen molar-refractivity contribution in [2.24, 2.45) is 4.99 Å². The van der Waals surface area contributed by atoms with Crippen molar-refractivity contribution in [3.8, 4) is 5.75 Å². The number of ether oxygens (including phenoxy) is 2. The van der Waals surface area contributed by atoms with Gasteiger partial charge in [0.1, 0.15) is 23.2 Å². The maximum atomic E-state index is 13.8. The summed E-state index contributed by atoms with van der Waals surface area (Å²) in [6.45, 7) is 4.83. The van der Waals surface area contributed by atoms with Crippen LogP contribution < -0.4 is 4.74 Å². The van der Waals surface area contributed by atoms with Crippen LogP contribution in [0.4, 0.5) is 9.39 Å². The second-order valence-corrected chi connectivity index (χ2v) is 10.1. The number of esters is 1. The van der Waals surface area contributed by atoms with Crippen LogP contribution >= 0.6 is 11.3 Å². The fourth-order valence-electron chi connectivity index (χ4n) is 4.48. The first-order valence-corrected chi connectivity index (χ1v) is 13.5. The van der Waals surface area contributed by atoms with Crippen molar-refractivity contribution < 1.29 is 18.7 Å². The Hall–Kier alpha value is -3.81. The molecule has 0 fully saturated rings. The summed E-state index contributed by atoms with van der Waals surface area (Å²) in [5.41, 5.74) is 4.30. The number of hydrogen-bond donors (Lipinski definition) is 0. The Morgan fingerprint density at radius 2 is 1.82 bits per heavy atom. The molecule has 5 nitrogen and oxygen atoms in total. The van der Waals surface area contributed by atoms with Gasteiger partial charge in [0.05, 0.1) is 12.2 Å². The van der Waals surface area contributed by atoms with Crippen LogP contribution in [0.5, 0.6) is 5.75 Å². The minimum Gasteiger partial charge on any atom is -0.489 e. The SMILES string of the molecule is CCOC(=O)c1c(N=Cc2ccc(OCc3ccccc3F)cc2)sc2c1CCN(Cc1ccccc1)C2. The highest BCUT2D eigenvalue weighted by Gasteiger charge is 2.28. The lowest BCUT2D eigenvalue weighted by Gasteiger charge is -2.27. The average molecular weight is 529 g/mol. The Bertz CT molecular complexity index is 1420. The van der Waals surface area contributed by atoms with Gasteiger partial charge in [-0.3, -0.25) is 4.90 Å². The summed E-state index contributed by atoms with van der Waals surface area (Å²) in [6, 6.07) is 24.4. The molecule has 38 heavy (non-hydrogen) atoms. The van der Waals surface area contributed by atoms with Crippen molar-refractivity contribution in [2.45, 2.75) is 33.0 Å². The zero-order chi connectivity index (χ0) is 26.3. The standard InChI is InChI=1S/C31H29FN2O3S/c1-2-36-31(35)29-26-16-17-34(19-23-8-4-3-5-9-23)20-28(26)38-30(29)33-18-22-12-14-25(15-13-22)37-21-24-10-6-7-11-27(24)32/h3-15,18H,2,16-17,19-21H2,1H3. The molecule has 0 N–H and O–H groups in total. The highest BCUT2D eigenvalue weighted by atomic mass is 32.1. The van der Waals surface area contributed by atoms with Gasteiger partial charge < -0.3 is 9.47 Å². The van der Waals surface area contributed by atoms with Crippen molar-refractivity contribution in [1.82, 2.24) is 4.90 Å². The first-order chi connectivity index (χ1) is 18.6. The summed E-state index contributed by atoms with van der Waals surface area (Å²) < 4.78 is 24.9. The number of carbonyl (C=O) groups excluding carboxylic acids is 1. The summed E-state index contributed by atoms with van der Waals surface area (Å²) in [5, 5.41) is 0.676. The molecule has 3 aromatic carbocycles. The number of halogens is 1. The van der Waals surface area contributed by atoms with E-state index in [1.807, 2.05) is 37.3 Å². The molecule has 0 saturated carbocycles. The summed E-state index contributed by atoms with van der Waals surface area (Å²) in [5.74, 6) is 0.0451. The maximum Gasteiger partial charge on any atom is 0.341 e. The zero-order valence-electron chi connectivity index (χ0n) is 21.2. The summed E-state index contributed by atoms with van der Waals surface area (Å²) in [6.07, 6.45) is 2.54. The molecule has 1 aliphatic rings.